The zero-order valence-electron chi connectivity index (χ0n) is 51.5. The predicted octanol–water partition coefficient (Wildman–Crippen LogP) is 11.0. The first kappa shape index (κ1) is 64.0. The van der Waals surface area contributed by atoms with Crippen molar-refractivity contribution in [3.05, 3.63) is 136 Å². The minimum Gasteiger partial charge on any atom is -0.493 e. The van der Waals surface area contributed by atoms with E-state index >= 15 is 0 Å². The number of unbranched alkanes of at least 4 members (excludes halogenated alkanes) is 4. The van der Waals surface area contributed by atoms with E-state index in [1.54, 1.807) is 41.4 Å². The monoisotopic (exact) mass is 1270 g/mol. The molecule has 0 bridgehead atoms. The largest absolute Gasteiger partial charge is 0.493 e. The van der Waals surface area contributed by atoms with E-state index < -0.39 is 27.9 Å². The number of nitrogens with zero attached hydrogens (tertiary/aromatic N) is 4. The van der Waals surface area contributed by atoms with Crippen LogP contribution in [0.4, 0.5) is 17.1 Å². The molecular weight excluding hydrogens is 1180 g/mol. The number of anilines is 3. The number of ether oxygens (including phenoxy) is 2. The number of fused-ring (bicyclic) bond motifs is 2. The number of imide groups is 1. The summed E-state index contributed by atoms with van der Waals surface area (Å²) in [5.74, 6) is -0.220. The molecule has 2 saturated heterocycles. The Morgan fingerprint density at radius 1 is 0.833 bits per heavy atom. The second-order valence-electron chi connectivity index (χ2n) is 25.4. The third-order valence-corrected chi connectivity index (χ3v) is 20.1. The van der Waals surface area contributed by atoms with Crippen molar-refractivity contribution in [1.82, 2.24) is 40.0 Å². The van der Waals surface area contributed by atoms with Crippen molar-refractivity contribution < 1.29 is 42.3 Å². The van der Waals surface area contributed by atoms with Crippen LogP contribution >= 0.6 is 11.6 Å². The number of carbonyl (C=O) groups excluding carboxylic acids is 4. The van der Waals surface area contributed by atoms with Gasteiger partial charge in [-0.2, -0.15) is 0 Å². The highest BCUT2D eigenvalue weighted by atomic mass is 35.5. The maximum atomic E-state index is 14.0. The number of rotatable bonds is 27. The first-order valence-corrected chi connectivity index (χ1v) is 33.8. The zero-order valence-corrected chi connectivity index (χ0v) is 53.1. The first-order chi connectivity index (χ1) is 43.6. The fourth-order valence-electron chi connectivity index (χ4n) is 13.4. The van der Waals surface area contributed by atoms with Gasteiger partial charge in [-0.05, 0) is 160 Å². The number of hydrogen-bond acceptors (Lipinski definition) is 16. The van der Waals surface area contributed by atoms with Crippen molar-refractivity contribution >= 4 is 78.9 Å². The summed E-state index contributed by atoms with van der Waals surface area (Å²) < 4.78 is 42.6. The van der Waals surface area contributed by atoms with E-state index in [2.05, 4.69) is 77.2 Å². The molecule has 4 aromatic carbocycles. The lowest BCUT2D eigenvalue weighted by Crippen LogP contribution is -2.52. The molecule has 0 radical (unpaired) electrons. The molecule has 2 aliphatic carbocycles. The molecule has 20 nitrogen and oxygen atoms in total. The summed E-state index contributed by atoms with van der Waals surface area (Å²) in [5.41, 5.74) is 9.76. The molecule has 1 unspecified atom stereocenters. The molecule has 478 valence electrons. The first-order valence-electron chi connectivity index (χ1n) is 31.9. The second-order valence-corrected chi connectivity index (χ2v) is 27.5. The van der Waals surface area contributed by atoms with Gasteiger partial charge in [0.2, 0.25) is 11.8 Å². The minimum absolute atomic E-state index is 0.00684. The number of allylic oxidation sites excluding steroid dienone is 1. The number of piperazine rings is 1. The van der Waals surface area contributed by atoms with Crippen LogP contribution in [-0.4, -0.2) is 140 Å². The van der Waals surface area contributed by atoms with Crippen LogP contribution in [0.25, 0.3) is 16.6 Å². The molecule has 8 N–H and O–H groups in total. The van der Waals surface area contributed by atoms with E-state index in [9.17, 15) is 32.8 Å². The number of aromatic amines is 1. The molecule has 0 spiro atoms. The average Bonchev–Trinajstić information content (AvgIpc) is 1.82. The maximum Gasteiger partial charge on any atom is 0.268 e. The number of benzene rings is 4. The van der Waals surface area contributed by atoms with Gasteiger partial charge >= 0.3 is 0 Å². The van der Waals surface area contributed by atoms with Crippen molar-refractivity contribution in [1.29, 1.82) is 0 Å². The summed E-state index contributed by atoms with van der Waals surface area (Å²) in [5, 5.41) is 24.6. The van der Waals surface area contributed by atoms with Crippen LogP contribution in [0.3, 0.4) is 0 Å². The van der Waals surface area contributed by atoms with E-state index in [1.807, 2.05) is 30.3 Å². The molecule has 11 rings (SSSR count). The van der Waals surface area contributed by atoms with E-state index in [-0.39, 0.29) is 45.5 Å². The van der Waals surface area contributed by atoms with Crippen molar-refractivity contribution in [3.63, 3.8) is 0 Å². The molecule has 3 fully saturated rings. The molecule has 6 aromatic rings. The average molecular weight is 1270 g/mol. The topological polar surface area (TPSA) is 252 Å². The number of halogens is 1. The van der Waals surface area contributed by atoms with Gasteiger partial charge in [0.25, 0.3) is 21.8 Å². The standard InChI is InChI=1S/C68H84ClN11O9S/c1-68(2)27-25-48(56(40-68)46-13-15-49(69)16-14-46)42-70-29-30-71-50-17-21-55(62(38-50)89-52-37-47-26-28-72-64(47)74-43-52)65(82)77-90(86,87)53-20-22-58(59(39-53)76-85)73-41-45-11-18-51(19-12-45)79-34-32-78(33-35-79)31-6-4-3-5-7-36-88-61-10-8-9-54-57(61)44-80(67(54)84)60-23-24-63(81)75-66(60)83/h8-10,13-17,20-22,26,28,37-39,43,45,51,60,70-71,73,76,85H,3-7,11-12,18-19,23-25,27,29-36,40-42,44H2,1-2H3,(H,72,74)(H,77,82)(H,75,81,83)/t45-,51+,60?. The number of nitrogens with one attached hydrogen (secondary N) is 7. The number of H-pyrrole nitrogens is 1. The quantitative estimate of drug-likeness (QED) is 0.0136. The Morgan fingerprint density at radius 2 is 1.63 bits per heavy atom. The van der Waals surface area contributed by atoms with Gasteiger partial charge < -0.3 is 40.2 Å². The van der Waals surface area contributed by atoms with Gasteiger partial charge in [0, 0.05) is 104 Å². The minimum atomic E-state index is -4.44. The number of pyridine rings is 1. The third kappa shape index (κ3) is 16.0. The highest BCUT2D eigenvalue weighted by Gasteiger charge is 2.40. The SMILES string of the molecule is CC1(C)CCC(CNCCNc2ccc(C(=O)NS(=O)(=O)c3ccc(NC[C@H]4CC[C@@H](N5CCN(CCCCCCCOc6cccc7c6CN(C6CCC(=O)NC6=O)C7=O)CC5)CC4)c(NO)c3)c(Oc3cnc4[nH]ccc4c3)c2)=C(c2ccc(Cl)cc2)C1. The van der Waals surface area contributed by atoms with Gasteiger partial charge in [0.05, 0.1) is 41.2 Å². The Balaban J connectivity index is 0.600. The van der Waals surface area contributed by atoms with Crippen LogP contribution in [0.15, 0.2) is 114 Å². The smallest absolute Gasteiger partial charge is 0.268 e. The van der Waals surface area contributed by atoms with Crippen molar-refractivity contribution in [2.24, 2.45) is 11.3 Å². The van der Waals surface area contributed by atoms with Gasteiger partial charge in [-0.25, -0.2) is 18.1 Å². The van der Waals surface area contributed by atoms with Gasteiger partial charge in [0.1, 0.15) is 28.9 Å². The predicted molar refractivity (Wildman–Crippen MR) is 350 cm³/mol. The Labute approximate surface area is 532 Å². The summed E-state index contributed by atoms with van der Waals surface area (Å²) in [4.78, 5) is 65.5. The molecule has 4 amide bonds. The van der Waals surface area contributed by atoms with Crippen molar-refractivity contribution in [3.8, 4) is 17.2 Å². The third-order valence-electron chi connectivity index (χ3n) is 18.6. The molecule has 5 heterocycles. The number of hydrogen-bond donors (Lipinski definition) is 8. The number of aromatic nitrogens is 2. The Hall–Kier alpha value is -7.53. The van der Waals surface area contributed by atoms with Crippen LogP contribution < -0.4 is 40.9 Å². The van der Waals surface area contributed by atoms with Crippen molar-refractivity contribution in [2.45, 2.75) is 127 Å². The Morgan fingerprint density at radius 3 is 2.43 bits per heavy atom. The summed E-state index contributed by atoms with van der Waals surface area (Å²) in [7, 11) is -4.44. The lowest BCUT2D eigenvalue weighted by atomic mass is 9.72. The Kier molecular flexibility index (Phi) is 20.8. The lowest BCUT2D eigenvalue weighted by molar-refractivity contribution is -0.136. The summed E-state index contributed by atoms with van der Waals surface area (Å²) in [6.07, 6.45) is 16.7. The van der Waals surface area contributed by atoms with Crippen LogP contribution in [0, 0.1) is 11.3 Å². The van der Waals surface area contributed by atoms with Gasteiger partial charge in [-0.3, -0.25) is 40.1 Å². The van der Waals surface area contributed by atoms with Gasteiger partial charge in [0.15, 0.2) is 0 Å². The van der Waals surface area contributed by atoms with Crippen LogP contribution in [-0.2, 0) is 26.2 Å². The van der Waals surface area contributed by atoms with E-state index in [4.69, 9.17) is 21.1 Å². The number of amides is 4. The zero-order chi connectivity index (χ0) is 62.8. The van der Waals surface area contributed by atoms with Crippen LogP contribution in [0.1, 0.15) is 136 Å². The fourth-order valence-corrected chi connectivity index (χ4v) is 14.5. The van der Waals surface area contributed by atoms with E-state index in [1.165, 1.54) is 41.1 Å². The maximum absolute atomic E-state index is 14.0. The second kappa shape index (κ2) is 29.2. The van der Waals surface area contributed by atoms with Crippen LogP contribution in [0.5, 0.6) is 17.2 Å². The van der Waals surface area contributed by atoms with E-state index in [0.717, 1.165) is 132 Å². The number of piperidine rings is 1. The summed E-state index contributed by atoms with van der Waals surface area (Å²) in [6, 6.07) is 26.4. The number of sulfonamides is 1. The molecule has 5 aliphatic rings. The normalized spacial score (nSPS) is 19.8. The van der Waals surface area contributed by atoms with Gasteiger partial charge in [-0.15, -0.1) is 0 Å². The summed E-state index contributed by atoms with van der Waals surface area (Å²) in [6.45, 7) is 13.5. The fraction of sp³-hybridized carbons (Fsp3) is 0.456. The molecular formula is C68H84ClN11O9S. The highest BCUT2D eigenvalue weighted by molar-refractivity contribution is 7.90. The summed E-state index contributed by atoms with van der Waals surface area (Å²) >= 11 is 6.23. The molecule has 2 aromatic heterocycles. The van der Waals surface area contributed by atoms with Crippen molar-refractivity contribution in [2.75, 3.05) is 81.6 Å². The van der Waals surface area contributed by atoms with E-state index in [0.29, 0.717) is 85.3 Å². The Bertz CT molecular complexity index is 3690. The molecule has 90 heavy (non-hydrogen) atoms. The van der Waals surface area contributed by atoms with Crippen LogP contribution in [0.2, 0.25) is 5.02 Å². The highest BCUT2D eigenvalue weighted by Crippen LogP contribution is 2.43. The van der Waals surface area contributed by atoms with Gasteiger partial charge in [-0.1, -0.05) is 68.5 Å². The molecule has 1 atom stereocenters. The molecule has 3 aliphatic heterocycles. The molecule has 22 heteroatoms. The number of carbonyl (C=O) groups is 4. The lowest BCUT2D eigenvalue weighted by Gasteiger charge is -2.42. The molecule has 1 saturated carbocycles.